The summed E-state index contributed by atoms with van der Waals surface area (Å²) in [5.74, 6) is 0.769. The van der Waals surface area contributed by atoms with E-state index >= 15 is 0 Å². The zero-order valence-corrected chi connectivity index (χ0v) is 16.5. The fourth-order valence-corrected chi connectivity index (χ4v) is 3.34. The summed E-state index contributed by atoms with van der Waals surface area (Å²) in [5, 5.41) is 2.85. The zero-order valence-electron chi connectivity index (χ0n) is 16.5. The molecule has 0 atom stereocenters. The van der Waals surface area contributed by atoms with Crippen LogP contribution in [0.3, 0.4) is 0 Å². The second kappa shape index (κ2) is 8.69. The summed E-state index contributed by atoms with van der Waals surface area (Å²) in [6.07, 6.45) is 6.51. The molecule has 0 spiro atoms. The number of aryl methyl sites for hydroxylation is 1. The van der Waals surface area contributed by atoms with Crippen LogP contribution in [-0.4, -0.2) is 30.5 Å². The van der Waals surface area contributed by atoms with Crippen LogP contribution in [0.1, 0.15) is 35.2 Å². The van der Waals surface area contributed by atoms with Crippen molar-refractivity contribution < 1.29 is 14.3 Å². The van der Waals surface area contributed by atoms with E-state index in [-0.39, 0.29) is 11.8 Å². The molecular weight excluding hydrogens is 354 g/mol. The molecule has 28 heavy (non-hydrogen) atoms. The van der Waals surface area contributed by atoms with E-state index in [0.29, 0.717) is 13.0 Å². The Balaban J connectivity index is 1.58. The van der Waals surface area contributed by atoms with Crippen molar-refractivity contribution in [3.63, 3.8) is 0 Å². The Kier molecular flexibility index (Phi) is 6.09. The molecule has 2 heterocycles. The number of nitrogens with zero attached hydrogens (tertiary/aromatic N) is 2. The van der Waals surface area contributed by atoms with Crippen molar-refractivity contribution in [2.45, 2.75) is 33.2 Å². The summed E-state index contributed by atoms with van der Waals surface area (Å²) in [7, 11) is 1.63. The molecule has 146 valence electrons. The first-order valence-corrected chi connectivity index (χ1v) is 9.35. The maximum absolute atomic E-state index is 12.1. The summed E-state index contributed by atoms with van der Waals surface area (Å²) < 4.78 is 5.39. The molecule has 0 aliphatic carbocycles. The van der Waals surface area contributed by atoms with Gasteiger partial charge < -0.3 is 15.0 Å². The quantitative estimate of drug-likeness (QED) is 0.783. The van der Waals surface area contributed by atoms with Gasteiger partial charge in [-0.15, -0.1) is 0 Å². The van der Waals surface area contributed by atoms with Crippen molar-refractivity contribution in [3.05, 3.63) is 58.9 Å². The maximum atomic E-state index is 12.1. The van der Waals surface area contributed by atoms with Gasteiger partial charge in [0.2, 0.25) is 11.8 Å². The fourth-order valence-electron chi connectivity index (χ4n) is 3.34. The largest absolute Gasteiger partial charge is 0.496 e. The number of methoxy groups -OCH3 is 1. The minimum atomic E-state index is -0.195. The molecule has 1 aromatic carbocycles. The molecule has 0 saturated carbocycles. The third-order valence-electron chi connectivity index (χ3n) is 4.89. The van der Waals surface area contributed by atoms with Gasteiger partial charge in [0.1, 0.15) is 5.75 Å². The Morgan fingerprint density at radius 1 is 1.29 bits per heavy atom. The van der Waals surface area contributed by atoms with Crippen LogP contribution in [0.4, 0.5) is 5.69 Å². The number of carbonyl (C=O) groups excluding carboxylic acids is 2. The standard InChI is InChI=1S/C22H25N3O3/c1-15-13-23-19(16(2)22(15)28-3)14-24-20(26)11-8-17-6-9-18(10-7-17)25-12-4-5-21(25)27/h6-11,13H,4-5,12,14H2,1-3H3,(H,24,26)/b11-8+. The van der Waals surface area contributed by atoms with E-state index in [2.05, 4.69) is 10.3 Å². The van der Waals surface area contributed by atoms with Gasteiger partial charge in [-0.05, 0) is 44.0 Å². The van der Waals surface area contributed by atoms with E-state index < -0.39 is 0 Å². The molecular formula is C22H25N3O3. The van der Waals surface area contributed by atoms with Crippen LogP contribution < -0.4 is 15.0 Å². The molecule has 1 saturated heterocycles. The Hall–Kier alpha value is -3.15. The van der Waals surface area contributed by atoms with E-state index in [1.807, 2.05) is 38.1 Å². The Labute approximate surface area is 165 Å². The first-order chi connectivity index (χ1) is 13.5. The molecule has 1 fully saturated rings. The van der Waals surface area contributed by atoms with Crippen molar-refractivity contribution in [3.8, 4) is 5.75 Å². The lowest BCUT2D eigenvalue weighted by Gasteiger charge is -2.15. The molecule has 2 aromatic rings. The van der Waals surface area contributed by atoms with Crippen molar-refractivity contribution in [2.75, 3.05) is 18.6 Å². The highest BCUT2D eigenvalue weighted by Gasteiger charge is 2.21. The smallest absolute Gasteiger partial charge is 0.244 e. The lowest BCUT2D eigenvalue weighted by molar-refractivity contribution is -0.117. The number of hydrogen-bond donors (Lipinski definition) is 1. The highest BCUT2D eigenvalue weighted by molar-refractivity contribution is 5.95. The lowest BCUT2D eigenvalue weighted by Crippen LogP contribution is -2.23. The van der Waals surface area contributed by atoms with Crippen LogP contribution in [0.2, 0.25) is 0 Å². The molecule has 0 bridgehead atoms. The van der Waals surface area contributed by atoms with Gasteiger partial charge in [-0.3, -0.25) is 14.6 Å². The summed E-state index contributed by atoms with van der Waals surface area (Å²) in [4.78, 5) is 30.1. The SMILES string of the molecule is COc1c(C)cnc(CNC(=O)/C=C/c2ccc(N3CCCC3=O)cc2)c1C. The fraction of sp³-hybridized carbons (Fsp3) is 0.318. The Bertz CT molecular complexity index is 904. The van der Waals surface area contributed by atoms with Gasteiger partial charge in [0, 0.05) is 42.1 Å². The molecule has 6 heteroatoms. The number of amides is 2. The summed E-state index contributed by atoms with van der Waals surface area (Å²) >= 11 is 0. The second-order valence-corrected chi connectivity index (χ2v) is 6.84. The van der Waals surface area contributed by atoms with Gasteiger partial charge in [-0.2, -0.15) is 0 Å². The highest BCUT2D eigenvalue weighted by Crippen LogP contribution is 2.24. The molecule has 2 amide bonds. The topological polar surface area (TPSA) is 71.5 Å². The zero-order chi connectivity index (χ0) is 20.1. The normalized spacial score (nSPS) is 14.0. The summed E-state index contributed by atoms with van der Waals surface area (Å²) in [6, 6.07) is 7.63. The van der Waals surface area contributed by atoms with Gasteiger partial charge in [0.25, 0.3) is 0 Å². The minimum Gasteiger partial charge on any atom is -0.496 e. The lowest BCUT2D eigenvalue weighted by atomic mass is 10.1. The minimum absolute atomic E-state index is 0.166. The van der Waals surface area contributed by atoms with E-state index in [9.17, 15) is 9.59 Å². The number of hydrogen-bond acceptors (Lipinski definition) is 4. The molecule has 1 aliphatic rings. The molecule has 1 aromatic heterocycles. The number of pyridine rings is 1. The predicted molar refractivity (Wildman–Crippen MR) is 109 cm³/mol. The monoisotopic (exact) mass is 379 g/mol. The summed E-state index contributed by atoms with van der Waals surface area (Å²) in [5.41, 5.74) is 4.48. The second-order valence-electron chi connectivity index (χ2n) is 6.84. The van der Waals surface area contributed by atoms with Crippen molar-refractivity contribution in [1.82, 2.24) is 10.3 Å². The van der Waals surface area contributed by atoms with Crippen LogP contribution in [0.15, 0.2) is 36.5 Å². The number of benzene rings is 1. The predicted octanol–water partition coefficient (Wildman–Crippen LogP) is 3.16. The van der Waals surface area contributed by atoms with E-state index in [1.54, 1.807) is 24.3 Å². The van der Waals surface area contributed by atoms with Gasteiger partial charge in [0.05, 0.1) is 19.3 Å². The van der Waals surface area contributed by atoms with Crippen molar-refractivity contribution >= 4 is 23.6 Å². The van der Waals surface area contributed by atoms with Crippen LogP contribution in [0, 0.1) is 13.8 Å². The molecule has 3 rings (SSSR count). The molecule has 0 unspecified atom stereocenters. The third-order valence-corrected chi connectivity index (χ3v) is 4.89. The van der Waals surface area contributed by atoms with Crippen LogP contribution in [0.5, 0.6) is 5.75 Å². The number of aromatic nitrogens is 1. The van der Waals surface area contributed by atoms with Gasteiger partial charge in [-0.1, -0.05) is 12.1 Å². The van der Waals surface area contributed by atoms with E-state index in [0.717, 1.165) is 46.8 Å². The van der Waals surface area contributed by atoms with Crippen LogP contribution >= 0.6 is 0 Å². The Morgan fingerprint density at radius 2 is 2.04 bits per heavy atom. The number of rotatable bonds is 6. The average molecular weight is 379 g/mol. The third kappa shape index (κ3) is 4.39. The van der Waals surface area contributed by atoms with Crippen molar-refractivity contribution in [2.24, 2.45) is 0 Å². The first kappa shape index (κ1) is 19.6. The number of ether oxygens (including phenoxy) is 1. The highest BCUT2D eigenvalue weighted by atomic mass is 16.5. The van der Waals surface area contributed by atoms with Crippen LogP contribution in [0.25, 0.3) is 6.08 Å². The Morgan fingerprint density at radius 3 is 2.68 bits per heavy atom. The maximum Gasteiger partial charge on any atom is 0.244 e. The van der Waals surface area contributed by atoms with Gasteiger partial charge in [0.15, 0.2) is 0 Å². The molecule has 1 aliphatic heterocycles. The van der Waals surface area contributed by atoms with E-state index in [4.69, 9.17) is 4.74 Å². The number of carbonyl (C=O) groups is 2. The average Bonchev–Trinajstić information content (AvgIpc) is 3.12. The molecule has 0 radical (unpaired) electrons. The van der Waals surface area contributed by atoms with Crippen molar-refractivity contribution in [1.29, 1.82) is 0 Å². The van der Waals surface area contributed by atoms with Gasteiger partial charge >= 0.3 is 0 Å². The van der Waals surface area contributed by atoms with E-state index in [1.165, 1.54) is 6.08 Å². The number of anilines is 1. The van der Waals surface area contributed by atoms with Gasteiger partial charge in [-0.25, -0.2) is 0 Å². The summed E-state index contributed by atoms with van der Waals surface area (Å²) in [6.45, 7) is 4.98. The number of nitrogens with one attached hydrogen (secondary N) is 1. The first-order valence-electron chi connectivity index (χ1n) is 9.35. The van der Waals surface area contributed by atoms with Crippen LogP contribution in [-0.2, 0) is 16.1 Å². The molecule has 1 N–H and O–H groups in total. The molecule has 6 nitrogen and oxygen atoms in total.